The third-order valence-corrected chi connectivity index (χ3v) is 4.23. The molecule has 1 amide bonds. The molecule has 0 saturated heterocycles. The maximum Gasteiger partial charge on any atom is 0.416 e. The average Bonchev–Trinajstić information content (AvgIpc) is 2.68. The van der Waals surface area contributed by atoms with E-state index in [0.29, 0.717) is 0 Å². The van der Waals surface area contributed by atoms with Gasteiger partial charge in [0.25, 0.3) is 5.91 Å². The summed E-state index contributed by atoms with van der Waals surface area (Å²) in [6.45, 7) is 0.0947. The summed E-state index contributed by atoms with van der Waals surface area (Å²) >= 11 is 5.83. The van der Waals surface area contributed by atoms with E-state index in [0.717, 1.165) is 23.8 Å². The molecule has 2 N–H and O–H groups in total. The summed E-state index contributed by atoms with van der Waals surface area (Å²) in [7, 11) is 0. The van der Waals surface area contributed by atoms with Gasteiger partial charge in [-0.2, -0.15) is 13.2 Å². The van der Waals surface area contributed by atoms with Crippen molar-refractivity contribution in [1.82, 2.24) is 0 Å². The molecule has 3 aromatic carbocycles. The molecule has 8 heteroatoms. The number of phenols is 1. The van der Waals surface area contributed by atoms with Crippen molar-refractivity contribution in [2.45, 2.75) is 12.8 Å². The number of nitrogens with one attached hydrogen (secondary N) is 1. The van der Waals surface area contributed by atoms with Crippen molar-refractivity contribution in [3.63, 3.8) is 0 Å². The van der Waals surface area contributed by atoms with E-state index in [1.54, 1.807) is 24.3 Å². The van der Waals surface area contributed by atoms with Crippen LogP contribution in [0.5, 0.6) is 11.5 Å². The van der Waals surface area contributed by atoms with Gasteiger partial charge < -0.3 is 15.2 Å². The molecule has 0 aromatic heterocycles. The second-order valence-corrected chi connectivity index (χ2v) is 6.54. The molecule has 0 fully saturated rings. The van der Waals surface area contributed by atoms with Gasteiger partial charge in [0.2, 0.25) is 0 Å². The van der Waals surface area contributed by atoms with Crippen LogP contribution in [-0.2, 0) is 12.8 Å². The Labute approximate surface area is 169 Å². The smallest absolute Gasteiger partial charge is 0.416 e. The van der Waals surface area contributed by atoms with Crippen LogP contribution in [0.1, 0.15) is 21.5 Å². The molecule has 0 bridgehead atoms. The highest BCUT2D eigenvalue weighted by Gasteiger charge is 2.31. The molecule has 0 unspecified atom stereocenters. The highest BCUT2D eigenvalue weighted by Crippen LogP contribution is 2.36. The number of hydrogen-bond donors (Lipinski definition) is 2. The largest absolute Gasteiger partial charge is 0.507 e. The van der Waals surface area contributed by atoms with Gasteiger partial charge in [-0.3, -0.25) is 4.79 Å². The molecular weight excluding hydrogens is 407 g/mol. The van der Waals surface area contributed by atoms with Crippen molar-refractivity contribution < 1.29 is 27.8 Å². The number of ether oxygens (including phenoxy) is 1. The van der Waals surface area contributed by atoms with E-state index < -0.39 is 17.6 Å². The maximum atomic E-state index is 13.1. The van der Waals surface area contributed by atoms with Gasteiger partial charge in [0, 0.05) is 5.02 Å². The minimum atomic E-state index is -4.60. The third-order valence-electron chi connectivity index (χ3n) is 4.00. The molecule has 0 aliphatic rings. The number of alkyl halides is 3. The molecule has 0 atom stereocenters. The Morgan fingerprint density at radius 2 is 1.76 bits per heavy atom. The van der Waals surface area contributed by atoms with E-state index in [1.807, 2.05) is 6.07 Å². The lowest BCUT2D eigenvalue weighted by molar-refractivity contribution is -0.137. The standard InChI is InChI=1S/C21H15ClF3NO3/c22-15-7-8-18(27)16(11-15)20(28)26-17-10-14(21(23,24)25)6-9-19(17)29-12-13-4-2-1-3-5-13/h1-11,27H,12H2,(H,26,28). The second kappa shape index (κ2) is 8.45. The third kappa shape index (κ3) is 5.20. The fraction of sp³-hybridized carbons (Fsp3) is 0.0952. The Bertz CT molecular complexity index is 1020. The average molecular weight is 422 g/mol. The first-order valence-electron chi connectivity index (χ1n) is 8.42. The van der Waals surface area contributed by atoms with Crippen molar-refractivity contribution in [3.05, 3.63) is 88.4 Å². The van der Waals surface area contributed by atoms with E-state index in [4.69, 9.17) is 16.3 Å². The van der Waals surface area contributed by atoms with Crippen molar-refractivity contribution in [1.29, 1.82) is 0 Å². The summed E-state index contributed by atoms with van der Waals surface area (Å²) in [4.78, 5) is 12.5. The number of carbonyl (C=O) groups is 1. The molecule has 0 radical (unpaired) electrons. The van der Waals surface area contributed by atoms with Crippen LogP contribution in [0.25, 0.3) is 0 Å². The predicted octanol–water partition coefficient (Wildman–Crippen LogP) is 5.90. The number of carbonyl (C=O) groups excluding carboxylic acids is 1. The summed E-state index contributed by atoms with van der Waals surface area (Å²) in [5.41, 5.74) is -0.503. The van der Waals surface area contributed by atoms with Crippen molar-refractivity contribution in [3.8, 4) is 11.5 Å². The van der Waals surface area contributed by atoms with Gasteiger partial charge in [-0.15, -0.1) is 0 Å². The fourth-order valence-electron chi connectivity index (χ4n) is 2.54. The minimum absolute atomic E-state index is 0.0525. The van der Waals surface area contributed by atoms with Gasteiger partial charge in [0.05, 0.1) is 16.8 Å². The number of anilines is 1. The Hall–Kier alpha value is -3.19. The minimum Gasteiger partial charge on any atom is -0.507 e. The highest BCUT2D eigenvalue weighted by atomic mass is 35.5. The molecule has 0 aliphatic heterocycles. The van der Waals surface area contributed by atoms with Gasteiger partial charge in [0.15, 0.2) is 0 Å². The topological polar surface area (TPSA) is 58.6 Å². The Morgan fingerprint density at radius 1 is 1.03 bits per heavy atom. The lowest BCUT2D eigenvalue weighted by atomic mass is 10.1. The first kappa shape index (κ1) is 20.5. The molecular formula is C21H15ClF3NO3. The van der Waals surface area contributed by atoms with Gasteiger partial charge in [0.1, 0.15) is 18.1 Å². The van der Waals surface area contributed by atoms with E-state index >= 15 is 0 Å². The fourth-order valence-corrected chi connectivity index (χ4v) is 2.72. The van der Waals surface area contributed by atoms with Crippen molar-refractivity contribution in [2.75, 3.05) is 5.32 Å². The van der Waals surface area contributed by atoms with E-state index in [-0.39, 0.29) is 34.4 Å². The molecule has 0 spiro atoms. The predicted molar refractivity (Wildman–Crippen MR) is 103 cm³/mol. The quantitative estimate of drug-likeness (QED) is 0.539. The molecule has 150 valence electrons. The Morgan fingerprint density at radius 3 is 2.45 bits per heavy atom. The van der Waals surface area contributed by atoms with Crippen molar-refractivity contribution >= 4 is 23.2 Å². The number of phenolic OH excluding ortho intramolecular Hbond substituents is 1. The molecule has 29 heavy (non-hydrogen) atoms. The van der Waals surface area contributed by atoms with Crippen LogP contribution in [0, 0.1) is 0 Å². The molecule has 3 rings (SSSR count). The second-order valence-electron chi connectivity index (χ2n) is 6.10. The van der Waals surface area contributed by atoms with E-state index in [9.17, 15) is 23.1 Å². The van der Waals surface area contributed by atoms with Crippen molar-refractivity contribution in [2.24, 2.45) is 0 Å². The van der Waals surface area contributed by atoms with Crippen LogP contribution in [-0.4, -0.2) is 11.0 Å². The lowest BCUT2D eigenvalue weighted by Gasteiger charge is -2.16. The number of benzene rings is 3. The molecule has 3 aromatic rings. The van der Waals surface area contributed by atoms with Crippen LogP contribution in [0.2, 0.25) is 5.02 Å². The Balaban J connectivity index is 1.91. The number of amides is 1. The summed E-state index contributed by atoms with van der Waals surface area (Å²) in [6.07, 6.45) is -4.60. The first-order chi connectivity index (χ1) is 13.7. The summed E-state index contributed by atoms with van der Waals surface area (Å²) in [5, 5.41) is 12.4. The van der Waals surface area contributed by atoms with Crippen LogP contribution in [0.3, 0.4) is 0 Å². The summed E-state index contributed by atoms with van der Waals surface area (Å²) < 4.78 is 45.0. The normalized spacial score (nSPS) is 11.2. The van der Waals surface area contributed by atoms with Gasteiger partial charge in [-0.25, -0.2) is 0 Å². The van der Waals surface area contributed by atoms with Crippen LogP contribution in [0.15, 0.2) is 66.7 Å². The van der Waals surface area contributed by atoms with Crippen LogP contribution >= 0.6 is 11.6 Å². The molecule has 0 heterocycles. The number of aromatic hydroxyl groups is 1. The summed E-state index contributed by atoms with van der Waals surface area (Å²) in [5.74, 6) is -1.13. The molecule has 0 saturated carbocycles. The maximum absolute atomic E-state index is 13.1. The highest BCUT2D eigenvalue weighted by molar-refractivity contribution is 6.31. The van der Waals surface area contributed by atoms with Gasteiger partial charge in [-0.05, 0) is 42.0 Å². The van der Waals surface area contributed by atoms with Gasteiger partial charge >= 0.3 is 6.18 Å². The van der Waals surface area contributed by atoms with Gasteiger partial charge in [-0.1, -0.05) is 41.9 Å². The Kier molecular flexibility index (Phi) is 5.98. The first-order valence-corrected chi connectivity index (χ1v) is 8.79. The van der Waals surface area contributed by atoms with Crippen LogP contribution < -0.4 is 10.1 Å². The number of hydrogen-bond acceptors (Lipinski definition) is 3. The van der Waals surface area contributed by atoms with Crippen LogP contribution in [0.4, 0.5) is 18.9 Å². The monoisotopic (exact) mass is 421 g/mol. The zero-order chi connectivity index (χ0) is 21.0. The lowest BCUT2D eigenvalue weighted by Crippen LogP contribution is -2.15. The molecule has 4 nitrogen and oxygen atoms in total. The number of rotatable bonds is 5. The van der Waals surface area contributed by atoms with E-state index in [1.165, 1.54) is 18.2 Å². The zero-order valence-corrected chi connectivity index (χ0v) is 15.6. The van der Waals surface area contributed by atoms with E-state index in [2.05, 4.69) is 5.32 Å². The molecule has 0 aliphatic carbocycles. The SMILES string of the molecule is O=C(Nc1cc(C(F)(F)F)ccc1OCc1ccccc1)c1cc(Cl)ccc1O. The number of halogens is 4. The zero-order valence-electron chi connectivity index (χ0n) is 14.8. The summed E-state index contributed by atoms with van der Waals surface area (Å²) in [6, 6.07) is 15.6.